The summed E-state index contributed by atoms with van der Waals surface area (Å²) in [6, 6.07) is 13.8. The van der Waals surface area contributed by atoms with Gasteiger partial charge < -0.3 is 18.9 Å². The monoisotopic (exact) mass is 487 g/mol. The first-order valence-electron chi connectivity index (χ1n) is 11.0. The number of ether oxygens (including phenoxy) is 2. The fourth-order valence-electron chi connectivity index (χ4n) is 3.16. The summed E-state index contributed by atoms with van der Waals surface area (Å²) in [5.74, 6) is 2.09. The molecule has 0 saturated carbocycles. The van der Waals surface area contributed by atoms with Crippen LogP contribution in [0.2, 0.25) is 0 Å². The Morgan fingerprint density at radius 3 is 2.56 bits per heavy atom. The number of aromatic nitrogens is 2. The molecule has 0 bridgehead atoms. The molecule has 3 aromatic rings. The molecule has 0 radical (unpaired) electrons. The van der Waals surface area contributed by atoms with Crippen LogP contribution in [0.4, 0.5) is 0 Å². The summed E-state index contributed by atoms with van der Waals surface area (Å²) in [4.78, 5) is 18.6. The molecule has 182 valence electrons. The average molecular weight is 488 g/mol. The highest BCUT2D eigenvalue weighted by Gasteiger charge is 2.14. The van der Waals surface area contributed by atoms with Gasteiger partial charge >= 0.3 is 0 Å². The van der Waals surface area contributed by atoms with Crippen molar-refractivity contribution in [1.82, 2.24) is 15.0 Å². The summed E-state index contributed by atoms with van der Waals surface area (Å²) in [7, 11) is -1.56. The van der Waals surface area contributed by atoms with Crippen molar-refractivity contribution in [2.75, 3.05) is 33.1 Å². The normalized spacial score (nSPS) is 11.3. The minimum Gasteiger partial charge on any atom is -0.494 e. The number of aryl methyl sites for hydroxylation is 1. The number of carbonyl (C=O) groups excluding carboxylic acids is 1. The van der Waals surface area contributed by atoms with E-state index in [2.05, 4.69) is 10.1 Å². The first kappa shape index (κ1) is 25.2. The summed E-state index contributed by atoms with van der Waals surface area (Å²) < 4.78 is 39.6. The Morgan fingerprint density at radius 2 is 1.85 bits per heavy atom. The predicted molar refractivity (Wildman–Crippen MR) is 127 cm³/mol. The molecular weight excluding hydrogens is 458 g/mol. The van der Waals surface area contributed by atoms with Gasteiger partial charge in [-0.3, -0.25) is 4.79 Å². The Kier molecular flexibility index (Phi) is 8.64. The molecule has 1 amide bonds. The van der Waals surface area contributed by atoms with Crippen LogP contribution < -0.4 is 9.47 Å². The number of benzene rings is 2. The zero-order valence-corrected chi connectivity index (χ0v) is 20.4. The maximum absolute atomic E-state index is 12.4. The lowest BCUT2D eigenvalue weighted by Crippen LogP contribution is -2.28. The van der Waals surface area contributed by atoms with E-state index in [0.717, 1.165) is 17.6 Å². The minimum absolute atomic E-state index is 0.0418. The quantitative estimate of drug-likeness (QED) is 0.357. The second kappa shape index (κ2) is 11.6. The topological polar surface area (TPSA) is 112 Å². The van der Waals surface area contributed by atoms with E-state index in [1.807, 2.05) is 31.2 Å². The number of nitrogens with zero attached hydrogens (tertiary/aromatic N) is 3. The predicted octanol–water partition coefficient (Wildman–Crippen LogP) is 3.40. The second-order valence-corrected chi connectivity index (χ2v) is 9.75. The maximum Gasteiger partial charge on any atom is 0.227 e. The van der Waals surface area contributed by atoms with Gasteiger partial charge in [0.2, 0.25) is 17.6 Å². The molecule has 1 aromatic heterocycles. The van der Waals surface area contributed by atoms with Crippen molar-refractivity contribution in [3.8, 4) is 22.9 Å². The highest BCUT2D eigenvalue weighted by molar-refractivity contribution is 7.90. The van der Waals surface area contributed by atoms with Gasteiger partial charge in [-0.15, -0.1) is 0 Å². The molecule has 0 atom stereocenters. The lowest BCUT2D eigenvalue weighted by molar-refractivity contribution is -0.130. The molecule has 0 saturated heterocycles. The van der Waals surface area contributed by atoms with Crippen LogP contribution in [-0.2, 0) is 21.1 Å². The lowest BCUT2D eigenvalue weighted by Gasteiger charge is -2.17. The summed E-state index contributed by atoms with van der Waals surface area (Å²) in [6.07, 6.45) is 2.36. The van der Waals surface area contributed by atoms with Gasteiger partial charge in [0.05, 0.1) is 18.1 Å². The number of amides is 1. The molecule has 0 spiro atoms. The molecule has 0 unspecified atom stereocenters. The van der Waals surface area contributed by atoms with Crippen molar-refractivity contribution in [1.29, 1.82) is 0 Å². The molecule has 0 N–H and O–H groups in total. The zero-order valence-electron chi connectivity index (χ0n) is 19.6. The molecule has 1 heterocycles. The van der Waals surface area contributed by atoms with Crippen LogP contribution in [0.15, 0.2) is 57.9 Å². The van der Waals surface area contributed by atoms with Crippen molar-refractivity contribution in [3.05, 3.63) is 54.4 Å². The number of sulfone groups is 1. The van der Waals surface area contributed by atoms with Crippen molar-refractivity contribution in [3.63, 3.8) is 0 Å². The Morgan fingerprint density at radius 1 is 1.09 bits per heavy atom. The van der Waals surface area contributed by atoms with Crippen LogP contribution in [0.3, 0.4) is 0 Å². The van der Waals surface area contributed by atoms with E-state index < -0.39 is 9.84 Å². The fourth-order valence-corrected chi connectivity index (χ4v) is 3.81. The highest BCUT2D eigenvalue weighted by Crippen LogP contribution is 2.20. The van der Waals surface area contributed by atoms with Gasteiger partial charge in [0.25, 0.3) is 0 Å². The van der Waals surface area contributed by atoms with Crippen LogP contribution in [0, 0.1) is 0 Å². The Hall–Kier alpha value is -3.40. The van der Waals surface area contributed by atoms with Crippen molar-refractivity contribution < 1.29 is 27.2 Å². The molecule has 9 nitrogen and oxygen atoms in total. The summed E-state index contributed by atoms with van der Waals surface area (Å²) in [6.45, 7) is 3.39. The second-order valence-electron chi connectivity index (χ2n) is 7.73. The van der Waals surface area contributed by atoms with Gasteiger partial charge in [-0.1, -0.05) is 11.2 Å². The van der Waals surface area contributed by atoms with Gasteiger partial charge in [-0.05, 0) is 55.8 Å². The first-order valence-corrected chi connectivity index (χ1v) is 12.9. The van der Waals surface area contributed by atoms with Crippen LogP contribution in [0.25, 0.3) is 11.4 Å². The van der Waals surface area contributed by atoms with Crippen LogP contribution >= 0.6 is 0 Å². The minimum atomic E-state index is -3.28. The first-order chi connectivity index (χ1) is 16.3. The third-order valence-corrected chi connectivity index (χ3v) is 6.12. The third kappa shape index (κ3) is 7.31. The third-order valence-electron chi connectivity index (χ3n) is 5.01. The highest BCUT2D eigenvalue weighted by atomic mass is 32.2. The standard InChI is InChI=1S/C24H29N3O6S/c1-4-31-19-11-9-18(10-12-19)24-25-22(33-26-24)13-14-23(28)27(2)15-6-16-32-20-7-5-8-21(17-20)34(3,29)30/h5,7-12,17H,4,6,13-16H2,1-3H3. The van der Waals surface area contributed by atoms with Crippen LogP contribution in [0.5, 0.6) is 11.5 Å². The molecule has 3 rings (SSSR count). The van der Waals surface area contributed by atoms with E-state index in [4.69, 9.17) is 14.0 Å². The molecule has 0 aliphatic rings. The fraction of sp³-hybridized carbons (Fsp3) is 0.375. The smallest absolute Gasteiger partial charge is 0.227 e. The van der Waals surface area contributed by atoms with Crippen molar-refractivity contribution >= 4 is 15.7 Å². The van der Waals surface area contributed by atoms with E-state index in [9.17, 15) is 13.2 Å². The number of hydrogen-bond donors (Lipinski definition) is 0. The summed E-state index contributed by atoms with van der Waals surface area (Å²) in [5.41, 5.74) is 0.809. The van der Waals surface area contributed by atoms with E-state index >= 15 is 0 Å². The molecule has 0 aliphatic heterocycles. The van der Waals surface area contributed by atoms with Crippen LogP contribution in [-0.4, -0.2) is 62.4 Å². The Balaban J connectivity index is 1.40. The maximum atomic E-state index is 12.4. The van der Waals surface area contributed by atoms with E-state index in [-0.39, 0.29) is 17.2 Å². The van der Waals surface area contributed by atoms with E-state index in [0.29, 0.717) is 50.1 Å². The molecule has 0 aliphatic carbocycles. The lowest BCUT2D eigenvalue weighted by atomic mass is 10.2. The summed E-state index contributed by atoms with van der Waals surface area (Å²) in [5, 5.41) is 3.99. The van der Waals surface area contributed by atoms with Crippen molar-refractivity contribution in [2.45, 2.75) is 31.1 Å². The van der Waals surface area contributed by atoms with Crippen molar-refractivity contribution in [2.24, 2.45) is 0 Å². The molecule has 0 fully saturated rings. The summed E-state index contributed by atoms with van der Waals surface area (Å²) >= 11 is 0. The largest absolute Gasteiger partial charge is 0.494 e. The number of rotatable bonds is 12. The van der Waals surface area contributed by atoms with Gasteiger partial charge in [-0.2, -0.15) is 4.98 Å². The van der Waals surface area contributed by atoms with E-state index in [1.165, 1.54) is 12.1 Å². The van der Waals surface area contributed by atoms with Gasteiger partial charge in [0, 0.05) is 38.3 Å². The van der Waals surface area contributed by atoms with Gasteiger partial charge in [-0.25, -0.2) is 8.42 Å². The SMILES string of the molecule is CCOc1ccc(-c2noc(CCC(=O)N(C)CCCOc3cccc(S(C)(=O)=O)c3)n2)cc1. The zero-order chi connectivity index (χ0) is 24.6. The molecule has 2 aromatic carbocycles. The Labute approximate surface area is 199 Å². The number of hydrogen-bond acceptors (Lipinski definition) is 8. The Bertz CT molecular complexity index is 1190. The molecule has 10 heteroatoms. The van der Waals surface area contributed by atoms with Gasteiger partial charge in [0.1, 0.15) is 11.5 Å². The average Bonchev–Trinajstić information content (AvgIpc) is 3.29. The number of carbonyl (C=O) groups is 1. The van der Waals surface area contributed by atoms with E-state index in [1.54, 1.807) is 24.1 Å². The molecular formula is C24H29N3O6S. The van der Waals surface area contributed by atoms with Crippen LogP contribution in [0.1, 0.15) is 25.7 Å². The van der Waals surface area contributed by atoms with Gasteiger partial charge in [0.15, 0.2) is 9.84 Å². The molecule has 34 heavy (non-hydrogen) atoms.